The van der Waals surface area contributed by atoms with Crippen LogP contribution in [0.1, 0.15) is 18.4 Å². The molecule has 1 fully saturated rings. The zero-order chi connectivity index (χ0) is 12.8. The first-order chi connectivity index (χ1) is 8.79. The Morgan fingerprint density at radius 1 is 1.47 bits per heavy atom. The fourth-order valence-corrected chi connectivity index (χ4v) is 2.15. The second kappa shape index (κ2) is 8.15. The number of hydrogen-bond acceptors (Lipinski definition) is 3. The summed E-state index contributed by atoms with van der Waals surface area (Å²) in [5.41, 5.74) is 2.02. The maximum Gasteiger partial charge on any atom is 0.229 e. The van der Waals surface area contributed by atoms with E-state index >= 15 is 0 Å². The van der Waals surface area contributed by atoms with Crippen LogP contribution in [-0.2, 0) is 16.1 Å². The van der Waals surface area contributed by atoms with Crippen molar-refractivity contribution in [3.05, 3.63) is 29.8 Å². The quantitative estimate of drug-likeness (QED) is 0.891. The van der Waals surface area contributed by atoms with Gasteiger partial charge in [0.2, 0.25) is 5.91 Å². The Balaban J connectivity index is 0.00000180. The first-order valence-corrected chi connectivity index (χ1v) is 6.42. The van der Waals surface area contributed by atoms with E-state index in [-0.39, 0.29) is 24.2 Å². The van der Waals surface area contributed by atoms with Crippen molar-refractivity contribution < 1.29 is 9.53 Å². The number of amides is 1. The molecule has 1 atom stereocenters. The van der Waals surface area contributed by atoms with Crippen LogP contribution in [0.15, 0.2) is 24.3 Å². The minimum absolute atomic E-state index is 0. The number of carbonyl (C=O) groups excluding carboxylic acids is 1. The van der Waals surface area contributed by atoms with Crippen LogP contribution in [0.4, 0.5) is 5.69 Å². The van der Waals surface area contributed by atoms with Crippen LogP contribution in [0.25, 0.3) is 0 Å². The molecule has 0 saturated carbocycles. The maximum atomic E-state index is 12.0. The van der Waals surface area contributed by atoms with Crippen LogP contribution < -0.4 is 10.6 Å². The largest absolute Gasteiger partial charge is 0.381 e. The smallest absolute Gasteiger partial charge is 0.229 e. The van der Waals surface area contributed by atoms with E-state index in [1.54, 1.807) is 0 Å². The summed E-state index contributed by atoms with van der Waals surface area (Å²) in [5, 5.41) is 6.06. The molecular weight excluding hydrogens is 264 g/mol. The van der Waals surface area contributed by atoms with E-state index in [0.29, 0.717) is 6.61 Å². The molecule has 5 heteroatoms. The molecule has 0 aromatic heterocycles. The monoisotopic (exact) mass is 284 g/mol. The van der Waals surface area contributed by atoms with Crippen molar-refractivity contribution in [1.29, 1.82) is 0 Å². The van der Waals surface area contributed by atoms with Crippen molar-refractivity contribution in [1.82, 2.24) is 5.32 Å². The second-order valence-corrected chi connectivity index (χ2v) is 4.63. The highest BCUT2D eigenvalue weighted by Crippen LogP contribution is 2.17. The lowest BCUT2D eigenvalue weighted by atomic mass is 10.0. The highest BCUT2D eigenvalue weighted by Gasteiger charge is 2.21. The number of halogens is 1. The van der Waals surface area contributed by atoms with Gasteiger partial charge in [-0.15, -0.1) is 12.4 Å². The number of carbonyl (C=O) groups is 1. The minimum atomic E-state index is -0.00768. The van der Waals surface area contributed by atoms with Crippen LogP contribution in [0.3, 0.4) is 0 Å². The van der Waals surface area contributed by atoms with E-state index in [4.69, 9.17) is 4.74 Å². The first-order valence-electron chi connectivity index (χ1n) is 6.42. The molecule has 4 nitrogen and oxygen atoms in total. The summed E-state index contributed by atoms with van der Waals surface area (Å²) in [6, 6.07) is 7.91. The molecule has 0 spiro atoms. The minimum Gasteiger partial charge on any atom is -0.381 e. The molecule has 2 N–H and O–H groups in total. The van der Waals surface area contributed by atoms with E-state index in [0.717, 1.165) is 37.2 Å². The molecule has 1 saturated heterocycles. The fraction of sp³-hybridized carbons (Fsp3) is 0.500. The predicted octanol–water partition coefficient (Wildman–Crippen LogP) is 2.19. The summed E-state index contributed by atoms with van der Waals surface area (Å²) < 4.78 is 5.33. The highest BCUT2D eigenvalue weighted by molar-refractivity contribution is 5.92. The molecule has 0 radical (unpaired) electrons. The number of rotatable bonds is 4. The van der Waals surface area contributed by atoms with Crippen molar-refractivity contribution in [2.45, 2.75) is 19.4 Å². The summed E-state index contributed by atoms with van der Waals surface area (Å²) in [5.74, 6) is 0.0583. The molecule has 1 amide bonds. The normalized spacial score (nSPS) is 18.5. The van der Waals surface area contributed by atoms with Crippen LogP contribution >= 0.6 is 12.4 Å². The Labute approximate surface area is 120 Å². The Morgan fingerprint density at radius 2 is 2.32 bits per heavy atom. The molecule has 1 aromatic rings. The number of ether oxygens (including phenoxy) is 1. The van der Waals surface area contributed by atoms with Gasteiger partial charge in [0, 0.05) is 18.8 Å². The van der Waals surface area contributed by atoms with Crippen LogP contribution in [0.2, 0.25) is 0 Å². The molecule has 1 aliphatic rings. The Bertz CT molecular complexity index is 406. The van der Waals surface area contributed by atoms with Gasteiger partial charge >= 0.3 is 0 Å². The van der Waals surface area contributed by atoms with E-state index in [9.17, 15) is 4.79 Å². The van der Waals surface area contributed by atoms with Gasteiger partial charge in [-0.05, 0) is 37.6 Å². The Morgan fingerprint density at radius 3 is 3.00 bits per heavy atom. The van der Waals surface area contributed by atoms with Crippen LogP contribution in [0, 0.1) is 5.92 Å². The topological polar surface area (TPSA) is 50.4 Å². The molecule has 1 aromatic carbocycles. The van der Waals surface area contributed by atoms with Crippen molar-refractivity contribution in [3.63, 3.8) is 0 Å². The van der Waals surface area contributed by atoms with Crippen molar-refractivity contribution >= 4 is 24.0 Å². The average molecular weight is 285 g/mol. The van der Waals surface area contributed by atoms with Crippen molar-refractivity contribution in [2.75, 3.05) is 25.6 Å². The summed E-state index contributed by atoms with van der Waals surface area (Å²) in [6.07, 6.45) is 1.89. The van der Waals surface area contributed by atoms with Gasteiger partial charge in [-0.2, -0.15) is 0 Å². The third-order valence-electron chi connectivity index (χ3n) is 3.11. The summed E-state index contributed by atoms with van der Waals surface area (Å²) in [6.45, 7) is 2.12. The molecule has 1 unspecified atom stereocenters. The van der Waals surface area contributed by atoms with Gasteiger partial charge in [0.05, 0.1) is 12.5 Å². The number of hydrogen-bond donors (Lipinski definition) is 2. The molecule has 2 rings (SSSR count). The van der Waals surface area contributed by atoms with E-state index < -0.39 is 0 Å². The van der Waals surface area contributed by atoms with Gasteiger partial charge in [-0.3, -0.25) is 4.79 Å². The van der Waals surface area contributed by atoms with Crippen LogP contribution in [0.5, 0.6) is 0 Å². The maximum absolute atomic E-state index is 12.0. The molecule has 1 aliphatic heterocycles. The molecular formula is C14H21ClN2O2. The van der Waals surface area contributed by atoms with E-state index in [1.807, 2.05) is 31.3 Å². The van der Waals surface area contributed by atoms with Gasteiger partial charge in [-0.25, -0.2) is 0 Å². The SMILES string of the molecule is CNCc1cccc(NC(=O)C2CCCOC2)c1.Cl. The standard InChI is InChI=1S/C14H20N2O2.ClH/c1-15-9-11-4-2-6-13(8-11)16-14(17)12-5-3-7-18-10-12;/h2,4,6,8,12,15H,3,5,7,9-10H2,1H3,(H,16,17);1H. The van der Waals surface area contributed by atoms with E-state index in [1.165, 1.54) is 0 Å². The summed E-state index contributed by atoms with van der Waals surface area (Å²) in [7, 11) is 1.91. The third-order valence-corrected chi connectivity index (χ3v) is 3.11. The van der Waals surface area contributed by atoms with Crippen molar-refractivity contribution in [3.8, 4) is 0 Å². The number of benzene rings is 1. The highest BCUT2D eigenvalue weighted by atomic mass is 35.5. The molecule has 0 aliphatic carbocycles. The van der Waals surface area contributed by atoms with Gasteiger partial charge in [0.15, 0.2) is 0 Å². The lowest BCUT2D eigenvalue weighted by molar-refractivity contribution is -0.123. The predicted molar refractivity (Wildman–Crippen MR) is 78.6 cm³/mol. The lowest BCUT2D eigenvalue weighted by Gasteiger charge is -2.21. The zero-order valence-corrected chi connectivity index (χ0v) is 12.0. The number of nitrogens with one attached hydrogen (secondary N) is 2. The van der Waals surface area contributed by atoms with Crippen molar-refractivity contribution in [2.24, 2.45) is 5.92 Å². The van der Waals surface area contributed by atoms with Crippen LogP contribution in [-0.4, -0.2) is 26.2 Å². The average Bonchev–Trinajstić information content (AvgIpc) is 2.40. The van der Waals surface area contributed by atoms with Gasteiger partial charge in [-0.1, -0.05) is 12.1 Å². The third kappa shape index (κ3) is 4.82. The summed E-state index contributed by atoms with van der Waals surface area (Å²) >= 11 is 0. The van der Waals surface area contributed by atoms with E-state index in [2.05, 4.69) is 10.6 Å². The number of anilines is 1. The molecule has 106 valence electrons. The van der Waals surface area contributed by atoms with Gasteiger partial charge in [0.1, 0.15) is 0 Å². The fourth-order valence-electron chi connectivity index (χ4n) is 2.15. The Hall–Kier alpha value is -1.10. The summed E-state index contributed by atoms with van der Waals surface area (Å²) in [4.78, 5) is 12.0. The first kappa shape index (κ1) is 16.0. The zero-order valence-electron chi connectivity index (χ0n) is 11.1. The molecule has 1 heterocycles. The van der Waals surface area contributed by atoms with Gasteiger partial charge in [0.25, 0.3) is 0 Å². The molecule has 0 bridgehead atoms. The second-order valence-electron chi connectivity index (χ2n) is 4.63. The molecule has 19 heavy (non-hydrogen) atoms. The van der Waals surface area contributed by atoms with Gasteiger partial charge < -0.3 is 15.4 Å². The lowest BCUT2D eigenvalue weighted by Crippen LogP contribution is -2.30. The Kier molecular flexibility index (Phi) is 6.84.